The van der Waals surface area contributed by atoms with Gasteiger partial charge in [0.15, 0.2) is 5.43 Å². The normalized spacial score (nSPS) is 12.4. The molecule has 0 radical (unpaired) electrons. The summed E-state index contributed by atoms with van der Waals surface area (Å²) in [5, 5.41) is 0.536. The lowest BCUT2D eigenvalue weighted by atomic mass is 10.0. The van der Waals surface area contributed by atoms with E-state index in [4.69, 9.17) is 14.9 Å². The molecule has 1 unspecified atom stereocenters. The molecular weight excluding hydrogens is 270 g/mol. The molecule has 0 bridgehead atoms. The Balaban J connectivity index is 2.41. The third kappa shape index (κ3) is 3.13. The maximum absolute atomic E-state index is 12.5. The largest absolute Gasteiger partial charge is 0.465 e. The van der Waals surface area contributed by atoms with Crippen LogP contribution in [0.15, 0.2) is 27.6 Å². The fraction of sp³-hybridized carbons (Fsp3) is 0.375. The molecule has 1 heterocycles. The highest BCUT2D eigenvalue weighted by Crippen LogP contribution is 2.18. The molecule has 1 aromatic heterocycles. The monoisotopic (exact) mass is 289 g/mol. The van der Waals surface area contributed by atoms with E-state index in [1.165, 1.54) is 6.26 Å². The SMILES string of the molecule is CCOC(=O)C(N)Cc1coc2cc(C)cc(C)c2c1=O. The van der Waals surface area contributed by atoms with Crippen molar-refractivity contribution in [1.29, 1.82) is 0 Å². The first-order valence-corrected chi connectivity index (χ1v) is 6.88. The van der Waals surface area contributed by atoms with Crippen LogP contribution in [0, 0.1) is 13.8 Å². The molecular formula is C16H19NO4. The summed E-state index contributed by atoms with van der Waals surface area (Å²) in [6.45, 7) is 5.77. The van der Waals surface area contributed by atoms with Crippen molar-refractivity contribution in [2.24, 2.45) is 5.73 Å². The van der Waals surface area contributed by atoms with Crippen molar-refractivity contribution in [2.45, 2.75) is 33.2 Å². The summed E-state index contributed by atoms with van der Waals surface area (Å²) in [5.74, 6) is -0.516. The van der Waals surface area contributed by atoms with Crippen LogP contribution in [0.25, 0.3) is 11.0 Å². The van der Waals surface area contributed by atoms with Gasteiger partial charge in [-0.1, -0.05) is 6.07 Å². The van der Waals surface area contributed by atoms with Crippen LogP contribution in [0.2, 0.25) is 0 Å². The molecule has 2 N–H and O–H groups in total. The van der Waals surface area contributed by atoms with Crippen LogP contribution < -0.4 is 11.2 Å². The lowest BCUT2D eigenvalue weighted by Crippen LogP contribution is -2.35. The number of hydrogen-bond donors (Lipinski definition) is 1. The molecule has 0 saturated heterocycles. The third-order valence-electron chi connectivity index (χ3n) is 3.32. The van der Waals surface area contributed by atoms with Gasteiger partial charge in [-0.05, 0) is 38.0 Å². The van der Waals surface area contributed by atoms with Crippen molar-refractivity contribution in [1.82, 2.24) is 0 Å². The highest BCUT2D eigenvalue weighted by molar-refractivity contribution is 5.81. The van der Waals surface area contributed by atoms with Gasteiger partial charge in [0.1, 0.15) is 11.6 Å². The zero-order valence-electron chi connectivity index (χ0n) is 12.4. The molecule has 1 atom stereocenters. The highest BCUT2D eigenvalue weighted by atomic mass is 16.5. The average molecular weight is 289 g/mol. The Morgan fingerprint density at radius 2 is 2.10 bits per heavy atom. The third-order valence-corrected chi connectivity index (χ3v) is 3.32. The minimum Gasteiger partial charge on any atom is -0.465 e. The van der Waals surface area contributed by atoms with Gasteiger partial charge in [0, 0.05) is 12.0 Å². The Morgan fingerprint density at radius 1 is 1.38 bits per heavy atom. The molecule has 1 aromatic carbocycles. The van der Waals surface area contributed by atoms with E-state index in [2.05, 4.69) is 0 Å². The first-order valence-electron chi connectivity index (χ1n) is 6.88. The molecule has 0 aliphatic rings. The second-order valence-electron chi connectivity index (χ2n) is 5.11. The van der Waals surface area contributed by atoms with Crippen LogP contribution in [-0.4, -0.2) is 18.6 Å². The molecule has 2 aromatic rings. The summed E-state index contributed by atoms with van der Waals surface area (Å²) in [5.41, 5.74) is 8.42. The highest BCUT2D eigenvalue weighted by Gasteiger charge is 2.18. The quantitative estimate of drug-likeness (QED) is 0.868. The lowest BCUT2D eigenvalue weighted by molar-refractivity contribution is -0.144. The number of benzene rings is 1. The van der Waals surface area contributed by atoms with Crippen LogP contribution in [0.5, 0.6) is 0 Å². The smallest absolute Gasteiger partial charge is 0.323 e. The number of aryl methyl sites for hydroxylation is 2. The van der Waals surface area contributed by atoms with Crippen molar-refractivity contribution in [3.63, 3.8) is 0 Å². The summed E-state index contributed by atoms with van der Waals surface area (Å²) >= 11 is 0. The molecule has 0 aliphatic heterocycles. The van der Waals surface area contributed by atoms with Gasteiger partial charge >= 0.3 is 5.97 Å². The number of carbonyl (C=O) groups is 1. The van der Waals surface area contributed by atoms with Crippen LogP contribution in [0.4, 0.5) is 0 Å². The average Bonchev–Trinajstić information content (AvgIpc) is 2.41. The van der Waals surface area contributed by atoms with Gasteiger partial charge < -0.3 is 14.9 Å². The van der Waals surface area contributed by atoms with Gasteiger partial charge in [-0.15, -0.1) is 0 Å². The molecule has 2 rings (SSSR count). The summed E-state index contributed by atoms with van der Waals surface area (Å²) in [7, 11) is 0. The van der Waals surface area contributed by atoms with Crippen molar-refractivity contribution in [3.05, 3.63) is 45.3 Å². The van der Waals surface area contributed by atoms with Gasteiger partial charge in [-0.25, -0.2) is 0 Å². The number of fused-ring (bicyclic) bond motifs is 1. The molecule has 5 nitrogen and oxygen atoms in total. The molecule has 21 heavy (non-hydrogen) atoms. The van der Waals surface area contributed by atoms with E-state index in [-0.39, 0.29) is 18.5 Å². The first-order chi connectivity index (χ1) is 9.93. The Bertz CT molecular complexity index is 733. The van der Waals surface area contributed by atoms with Crippen molar-refractivity contribution in [2.75, 3.05) is 6.61 Å². The summed E-state index contributed by atoms with van der Waals surface area (Å²) in [6.07, 6.45) is 1.48. The van der Waals surface area contributed by atoms with Crippen molar-refractivity contribution >= 4 is 16.9 Å². The van der Waals surface area contributed by atoms with E-state index < -0.39 is 12.0 Å². The number of carbonyl (C=O) groups excluding carboxylic acids is 1. The minimum absolute atomic E-state index is 0.102. The Morgan fingerprint density at radius 3 is 2.76 bits per heavy atom. The maximum Gasteiger partial charge on any atom is 0.323 e. The van der Waals surface area contributed by atoms with Gasteiger partial charge in [0.05, 0.1) is 18.3 Å². The second-order valence-corrected chi connectivity index (χ2v) is 5.11. The van der Waals surface area contributed by atoms with Gasteiger partial charge in [-0.3, -0.25) is 9.59 Å². The van der Waals surface area contributed by atoms with E-state index in [9.17, 15) is 9.59 Å². The van der Waals surface area contributed by atoms with E-state index in [0.717, 1.165) is 11.1 Å². The van der Waals surface area contributed by atoms with E-state index in [0.29, 0.717) is 16.5 Å². The van der Waals surface area contributed by atoms with Crippen LogP contribution in [-0.2, 0) is 16.0 Å². The van der Waals surface area contributed by atoms with Crippen LogP contribution >= 0.6 is 0 Å². The first kappa shape index (κ1) is 15.3. The number of hydrogen-bond acceptors (Lipinski definition) is 5. The van der Waals surface area contributed by atoms with Gasteiger partial charge in [-0.2, -0.15) is 0 Å². The summed E-state index contributed by atoms with van der Waals surface area (Å²) in [6, 6.07) is 2.88. The summed E-state index contributed by atoms with van der Waals surface area (Å²) in [4.78, 5) is 24.1. The van der Waals surface area contributed by atoms with Crippen LogP contribution in [0.3, 0.4) is 0 Å². The Hall–Kier alpha value is -2.14. The standard InChI is InChI=1S/C16H19NO4/c1-4-20-16(19)12(17)7-11-8-21-13-6-9(2)5-10(3)14(13)15(11)18/h5-6,8,12H,4,7,17H2,1-3H3. The zero-order chi connectivity index (χ0) is 15.6. The Kier molecular flexibility index (Phi) is 4.43. The molecule has 5 heteroatoms. The molecule has 0 fully saturated rings. The van der Waals surface area contributed by atoms with Crippen molar-refractivity contribution < 1.29 is 13.9 Å². The fourth-order valence-electron chi connectivity index (χ4n) is 2.37. The molecule has 0 aliphatic carbocycles. The topological polar surface area (TPSA) is 82.5 Å². The minimum atomic E-state index is -0.865. The van der Waals surface area contributed by atoms with Gasteiger partial charge in [0.2, 0.25) is 0 Å². The number of esters is 1. The number of nitrogens with two attached hydrogens (primary N) is 1. The summed E-state index contributed by atoms with van der Waals surface area (Å²) < 4.78 is 10.4. The Labute approximate surface area is 122 Å². The second kappa shape index (κ2) is 6.10. The molecule has 0 amide bonds. The maximum atomic E-state index is 12.5. The fourth-order valence-corrected chi connectivity index (χ4v) is 2.37. The zero-order valence-corrected chi connectivity index (χ0v) is 12.4. The van der Waals surface area contributed by atoms with Crippen molar-refractivity contribution in [3.8, 4) is 0 Å². The predicted octanol–water partition coefficient (Wildman–Crippen LogP) is 1.84. The van der Waals surface area contributed by atoms with E-state index >= 15 is 0 Å². The van der Waals surface area contributed by atoms with Crippen LogP contribution in [0.1, 0.15) is 23.6 Å². The molecule has 0 spiro atoms. The van der Waals surface area contributed by atoms with Gasteiger partial charge in [0.25, 0.3) is 0 Å². The number of ether oxygens (including phenoxy) is 1. The molecule has 112 valence electrons. The molecule has 0 saturated carbocycles. The van der Waals surface area contributed by atoms with E-state index in [1.54, 1.807) is 6.92 Å². The van der Waals surface area contributed by atoms with E-state index in [1.807, 2.05) is 26.0 Å². The predicted molar refractivity (Wildman–Crippen MR) is 80.3 cm³/mol. The number of rotatable bonds is 4. The lowest BCUT2D eigenvalue weighted by Gasteiger charge is -2.11.